The molecule has 1 fully saturated rings. The maximum absolute atomic E-state index is 12.6. The van der Waals surface area contributed by atoms with Crippen molar-refractivity contribution < 1.29 is 14.0 Å². The van der Waals surface area contributed by atoms with Gasteiger partial charge in [-0.2, -0.15) is 0 Å². The van der Waals surface area contributed by atoms with Gasteiger partial charge in [-0.1, -0.05) is 45.5 Å². The van der Waals surface area contributed by atoms with Gasteiger partial charge in [0, 0.05) is 49.9 Å². The summed E-state index contributed by atoms with van der Waals surface area (Å²) in [4.78, 5) is 37.4. The topological polar surface area (TPSA) is 91.6 Å². The number of aryl methyl sites for hydroxylation is 1. The third kappa shape index (κ3) is 5.96. The number of aromatic nitrogens is 2. The van der Waals surface area contributed by atoms with Crippen LogP contribution in [0.15, 0.2) is 59.9 Å². The van der Waals surface area contributed by atoms with Crippen LogP contribution in [0.25, 0.3) is 11.1 Å². The summed E-state index contributed by atoms with van der Waals surface area (Å²) in [6, 6.07) is 8.41. The highest BCUT2D eigenvalue weighted by Crippen LogP contribution is 2.33. The zero-order chi connectivity index (χ0) is 27.4. The molecule has 1 saturated heterocycles. The number of piperidine rings is 1. The number of oxazole rings is 1. The minimum Gasteiger partial charge on any atom is -0.437 e. The summed E-state index contributed by atoms with van der Waals surface area (Å²) in [5.74, 6) is 0.361. The van der Waals surface area contributed by atoms with Gasteiger partial charge < -0.3 is 19.5 Å². The number of hydrogen-bond donors (Lipinski definition) is 1. The molecule has 0 aliphatic carbocycles. The second-order valence-electron chi connectivity index (χ2n) is 10.9. The maximum atomic E-state index is 12.6. The van der Waals surface area contributed by atoms with E-state index in [1.165, 1.54) is 6.08 Å². The summed E-state index contributed by atoms with van der Waals surface area (Å²) in [7, 11) is 1.84. The van der Waals surface area contributed by atoms with Crippen LogP contribution in [0.5, 0.6) is 0 Å². The second-order valence-corrected chi connectivity index (χ2v) is 10.9. The van der Waals surface area contributed by atoms with Crippen LogP contribution >= 0.6 is 0 Å². The Morgan fingerprint density at radius 1 is 1.26 bits per heavy atom. The summed E-state index contributed by atoms with van der Waals surface area (Å²) in [6.45, 7) is 13.7. The van der Waals surface area contributed by atoms with Gasteiger partial charge in [0.25, 0.3) is 5.89 Å². The number of rotatable bonds is 7. The highest BCUT2D eigenvalue weighted by Gasteiger charge is 2.27. The van der Waals surface area contributed by atoms with Crippen molar-refractivity contribution in [2.24, 2.45) is 0 Å². The second kappa shape index (κ2) is 11.2. The molecule has 1 aliphatic heterocycles. The molecule has 38 heavy (non-hydrogen) atoms. The van der Waals surface area contributed by atoms with Crippen LogP contribution in [0.1, 0.15) is 61.2 Å². The number of amides is 2. The molecule has 0 saturated carbocycles. The molecule has 4 rings (SSSR count). The SMILES string of the molecule is C=CC(=O)N(C)C1CCCN(c2cnccc2-c2ccc(CNC(=O)c3ncc(C(C)(C)C)o3)c(C)c2)C1. The molecule has 3 heterocycles. The number of nitrogens with zero attached hydrogens (tertiary/aromatic N) is 4. The molecule has 1 aliphatic rings. The van der Waals surface area contributed by atoms with E-state index >= 15 is 0 Å². The lowest BCUT2D eigenvalue weighted by molar-refractivity contribution is -0.126. The van der Waals surface area contributed by atoms with Crippen molar-refractivity contribution in [3.05, 3.63) is 78.3 Å². The van der Waals surface area contributed by atoms with Gasteiger partial charge in [-0.25, -0.2) is 4.98 Å². The van der Waals surface area contributed by atoms with Crippen molar-refractivity contribution >= 4 is 17.5 Å². The molecule has 8 nitrogen and oxygen atoms in total. The van der Waals surface area contributed by atoms with Crippen molar-refractivity contribution in [2.45, 2.75) is 58.5 Å². The Morgan fingerprint density at radius 2 is 2.05 bits per heavy atom. The monoisotopic (exact) mass is 515 g/mol. The lowest BCUT2D eigenvalue weighted by Gasteiger charge is -2.39. The predicted octanol–water partition coefficient (Wildman–Crippen LogP) is 4.89. The third-order valence-corrected chi connectivity index (χ3v) is 7.14. The maximum Gasteiger partial charge on any atom is 0.307 e. The van der Waals surface area contributed by atoms with E-state index in [-0.39, 0.29) is 29.2 Å². The molecule has 1 unspecified atom stereocenters. The Balaban J connectivity index is 1.48. The van der Waals surface area contributed by atoms with Crippen molar-refractivity contribution in [3.63, 3.8) is 0 Å². The van der Waals surface area contributed by atoms with Gasteiger partial charge in [0.2, 0.25) is 5.91 Å². The summed E-state index contributed by atoms with van der Waals surface area (Å²) in [5.41, 5.74) is 5.10. The molecule has 0 radical (unpaired) electrons. The number of pyridine rings is 1. The van der Waals surface area contributed by atoms with Crippen molar-refractivity contribution in [2.75, 3.05) is 25.0 Å². The third-order valence-electron chi connectivity index (χ3n) is 7.14. The largest absolute Gasteiger partial charge is 0.437 e. The summed E-state index contributed by atoms with van der Waals surface area (Å²) < 4.78 is 5.66. The molecule has 1 atom stereocenters. The number of carbonyl (C=O) groups is 2. The zero-order valence-electron chi connectivity index (χ0n) is 23.0. The summed E-state index contributed by atoms with van der Waals surface area (Å²) >= 11 is 0. The fourth-order valence-electron chi connectivity index (χ4n) is 4.73. The standard InChI is InChI=1S/C30H37N5O3/c1-7-27(36)34(6)23-9-8-14-35(19-23)25-17-31-13-12-24(25)21-10-11-22(20(2)15-21)16-32-28(37)29-33-18-26(38-29)30(3,4)5/h7,10-13,15,17-18,23H,1,8-9,14,16,19H2,2-6H3,(H,32,37). The van der Waals surface area contributed by atoms with Crippen LogP contribution in [0, 0.1) is 6.92 Å². The van der Waals surface area contributed by atoms with Gasteiger partial charge in [0.1, 0.15) is 5.76 Å². The molecule has 1 N–H and O–H groups in total. The molecule has 0 bridgehead atoms. The smallest absolute Gasteiger partial charge is 0.307 e. The lowest BCUT2D eigenvalue weighted by Crippen LogP contribution is -2.48. The van der Waals surface area contributed by atoms with Crippen LogP contribution in [-0.4, -0.2) is 52.9 Å². The number of benzene rings is 1. The summed E-state index contributed by atoms with van der Waals surface area (Å²) in [6.07, 6.45) is 8.65. The minimum absolute atomic E-state index is 0.0564. The highest BCUT2D eigenvalue weighted by atomic mass is 16.4. The van der Waals surface area contributed by atoms with Crippen molar-refractivity contribution in [1.82, 2.24) is 20.2 Å². The predicted molar refractivity (Wildman–Crippen MR) is 149 cm³/mol. The Kier molecular flexibility index (Phi) is 7.99. The normalized spacial score (nSPS) is 15.7. The molecule has 8 heteroatoms. The minimum atomic E-state index is -0.333. The van der Waals surface area contributed by atoms with E-state index < -0.39 is 0 Å². The Morgan fingerprint density at radius 3 is 2.74 bits per heavy atom. The first-order chi connectivity index (χ1) is 18.1. The fourth-order valence-corrected chi connectivity index (χ4v) is 4.73. The van der Waals surface area contributed by atoms with E-state index in [9.17, 15) is 9.59 Å². The molecular formula is C30H37N5O3. The zero-order valence-corrected chi connectivity index (χ0v) is 23.0. The van der Waals surface area contributed by atoms with E-state index in [0.717, 1.165) is 53.9 Å². The first kappa shape index (κ1) is 27.1. The van der Waals surface area contributed by atoms with E-state index in [4.69, 9.17) is 4.42 Å². The molecule has 0 spiro atoms. The first-order valence-electron chi connectivity index (χ1n) is 13.0. The van der Waals surface area contributed by atoms with Crippen molar-refractivity contribution in [3.8, 4) is 11.1 Å². The number of carbonyl (C=O) groups excluding carboxylic acids is 2. The van der Waals surface area contributed by atoms with E-state index in [0.29, 0.717) is 12.3 Å². The number of anilines is 1. The number of nitrogens with one attached hydrogen (secondary N) is 1. The van der Waals surface area contributed by atoms with Gasteiger partial charge in [-0.05, 0) is 48.6 Å². The quantitative estimate of drug-likeness (QED) is 0.451. The molecule has 1 aromatic carbocycles. The fraction of sp³-hybridized carbons (Fsp3) is 0.400. The number of hydrogen-bond acceptors (Lipinski definition) is 6. The van der Waals surface area contributed by atoms with Crippen molar-refractivity contribution in [1.29, 1.82) is 0 Å². The average Bonchev–Trinajstić information content (AvgIpc) is 3.43. The highest BCUT2D eigenvalue weighted by molar-refractivity contribution is 5.89. The van der Waals surface area contributed by atoms with E-state index in [1.807, 2.05) is 53.1 Å². The van der Waals surface area contributed by atoms with E-state index in [1.54, 1.807) is 17.3 Å². The molecule has 3 aromatic rings. The molecular weight excluding hydrogens is 478 g/mol. The Bertz CT molecular complexity index is 1320. The number of likely N-dealkylation sites (N-methyl/N-ethyl adjacent to an activating group) is 1. The first-order valence-corrected chi connectivity index (χ1v) is 13.0. The lowest BCUT2D eigenvalue weighted by atomic mass is 9.94. The Labute approximate surface area is 224 Å². The van der Waals surface area contributed by atoms with Gasteiger partial charge in [-0.3, -0.25) is 14.6 Å². The van der Waals surface area contributed by atoms with Crippen LogP contribution < -0.4 is 10.2 Å². The van der Waals surface area contributed by atoms with Crippen LogP contribution in [0.3, 0.4) is 0 Å². The van der Waals surface area contributed by atoms with Gasteiger partial charge >= 0.3 is 5.91 Å². The van der Waals surface area contributed by atoms with E-state index in [2.05, 4.69) is 38.9 Å². The van der Waals surface area contributed by atoms with Crippen LogP contribution in [0.2, 0.25) is 0 Å². The molecule has 2 aromatic heterocycles. The van der Waals surface area contributed by atoms with Gasteiger partial charge in [-0.15, -0.1) is 0 Å². The Hall–Kier alpha value is -3.94. The van der Waals surface area contributed by atoms with Gasteiger partial charge in [0.15, 0.2) is 0 Å². The average molecular weight is 516 g/mol. The van der Waals surface area contributed by atoms with Gasteiger partial charge in [0.05, 0.1) is 18.1 Å². The summed E-state index contributed by atoms with van der Waals surface area (Å²) in [5, 5.41) is 2.92. The molecule has 2 amide bonds. The molecule has 200 valence electrons. The van der Waals surface area contributed by atoms with Crippen LogP contribution in [-0.2, 0) is 16.8 Å². The van der Waals surface area contributed by atoms with Crippen LogP contribution in [0.4, 0.5) is 5.69 Å².